The molecule has 0 spiro atoms. The van der Waals surface area contributed by atoms with E-state index in [9.17, 15) is 4.79 Å². The van der Waals surface area contributed by atoms with Gasteiger partial charge in [0.2, 0.25) is 0 Å². The van der Waals surface area contributed by atoms with E-state index >= 15 is 0 Å². The molecule has 2 atom stereocenters. The highest BCUT2D eigenvalue weighted by atomic mass is 16.5. The van der Waals surface area contributed by atoms with E-state index in [0.29, 0.717) is 18.9 Å². The van der Waals surface area contributed by atoms with Gasteiger partial charge in [0.1, 0.15) is 0 Å². The fraction of sp³-hybridized carbons (Fsp3) is 0.917. The molecule has 0 aromatic rings. The molecule has 1 saturated carbocycles. The van der Waals surface area contributed by atoms with E-state index in [-0.39, 0.29) is 16.9 Å². The first-order valence-corrected chi connectivity index (χ1v) is 5.73. The molecular formula is C12H23NO2. The molecule has 3 nitrogen and oxygen atoms in total. The summed E-state index contributed by atoms with van der Waals surface area (Å²) in [6.45, 7) is 8.82. The van der Waals surface area contributed by atoms with E-state index in [1.807, 2.05) is 6.92 Å². The van der Waals surface area contributed by atoms with Gasteiger partial charge in [-0.25, -0.2) is 0 Å². The zero-order valence-electron chi connectivity index (χ0n) is 10.3. The van der Waals surface area contributed by atoms with E-state index in [0.717, 1.165) is 12.8 Å². The van der Waals surface area contributed by atoms with Gasteiger partial charge in [-0.1, -0.05) is 20.8 Å². The van der Waals surface area contributed by atoms with Crippen molar-refractivity contribution in [3.8, 4) is 0 Å². The van der Waals surface area contributed by atoms with Crippen molar-refractivity contribution >= 4 is 5.97 Å². The predicted molar refractivity (Wildman–Crippen MR) is 60.3 cm³/mol. The summed E-state index contributed by atoms with van der Waals surface area (Å²) in [6, 6.07) is 0. The maximum absolute atomic E-state index is 11.5. The summed E-state index contributed by atoms with van der Waals surface area (Å²) in [5.41, 5.74) is 6.19. The average Bonchev–Trinajstić information content (AvgIpc) is 2.19. The molecule has 0 aliphatic heterocycles. The second-order valence-electron chi connectivity index (χ2n) is 5.66. The van der Waals surface area contributed by atoms with Crippen LogP contribution in [0.1, 0.15) is 47.0 Å². The van der Waals surface area contributed by atoms with Crippen LogP contribution < -0.4 is 5.73 Å². The highest BCUT2D eigenvalue weighted by Crippen LogP contribution is 2.47. The summed E-state index contributed by atoms with van der Waals surface area (Å²) in [5.74, 6) is 0.224. The van der Waals surface area contributed by atoms with Gasteiger partial charge in [-0.15, -0.1) is 0 Å². The molecule has 88 valence electrons. The van der Waals surface area contributed by atoms with Crippen molar-refractivity contribution in [3.05, 3.63) is 0 Å². The average molecular weight is 213 g/mol. The van der Waals surface area contributed by atoms with Crippen LogP contribution in [0.4, 0.5) is 0 Å². The standard InChI is InChI=1S/C12H23NO2/c1-5-15-10(14)7-12(13)8-11(3,4)6-9(12)2/h9H,5-8,13H2,1-4H3. The number of carbonyl (C=O) groups is 1. The minimum Gasteiger partial charge on any atom is -0.466 e. The number of hydrogen-bond donors (Lipinski definition) is 1. The van der Waals surface area contributed by atoms with Crippen LogP contribution in [0.25, 0.3) is 0 Å². The zero-order chi connectivity index (χ0) is 11.7. The Morgan fingerprint density at radius 1 is 1.53 bits per heavy atom. The summed E-state index contributed by atoms with van der Waals surface area (Å²) in [7, 11) is 0. The molecule has 1 rings (SSSR count). The van der Waals surface area contributed by atoms with E-state index in [4.69, 9.17) is 10.5 Å². The Morgan fingerprint density at radius 3 is 2.53 bits per heavy atom. The van der Waals surface area contributed by atoms with Crippen molar-refractivity contribution in [2.75, 3.05) is 6.61 Å². The molecule has 2 N–H and O–H groups in total. The van der Waals surface area contributed by atoms with Gasteiger partial charge in [-0.3, -0.25) is 4.79 Å². The number of nitrogens with two attached hydrogens (primary N) is 1. The SMILES string of the molecule is CCOC(=O)CC1(N)CC(C)(C)CC1C. The fourth-order valence-corrected chi connectivity index (χ4v) is 2.89. The fourth-order valence-electron chi connectivity index (χ4n) is 2.89. The zero-order valence-corrected chi connectivity index (χ0v) is 10.3. The number of esters is 1. The molecule has 0 bridgehead atoms. The van der Waals surface area contributed by atoms with E-state index in [1.54, 1.807) is 0 Å². The first-order valence-electron chi connectivity index (χ1n) is 5.73. The van der Waals surface area contributed by atoms with Crippen molar-refractivity contribution in [1.29, 1.82) is 0 Å². The van der Waals surface area contributed by atoms with Gasteiger partial charge in [-0.05, 0) is 31.1 Å². The van der Waals surface area contributed by atoms with Crippen molar-refractivity contribution in [2.45, 2.75) is 52.5 Å². The summed E-state index contributed by atoms with van der Waals surface area (Å²) in [5, 5.41) is 0. The Hall–Kier alpha value is -0.570. The molecule has 0 aromatic carbocycles. The van der Waals surface area contributed by atoms with Crippen molar-refractivity contribution in [3.63, 3.8) is 0 Å². The van der Waals surface area contributed by atoms with Crippen molar-refractivity contribution in [1.82, 2.24) is 0 Å². The van der Waals surface area contributed by atoms with Crippen LogP contribution in [0, 0.1) is 11.3 Å². The normalized spacial score (nSPS) is 34.1. The Kier molecular flexibility index (Phi) is 3.44. The highest BCUT2D eigenvalue weighted by Gasteiger charge is 2.47. The van der Waals surface area contributed by atoms with Gasteiger partial charge in [0.25, 0.3) is 0 Å². The maximum atomic E-state index is 11.5. The van der Waals surface area contributed by atoms with E-state index in [1.165, 1.54) is 0 Å². The molecule has 15 heavy (non-hydrogen) atoms. The molecule has 0 aromatic heterocycles. The van der Waals surface area contributed by atoms with Gasteiger partial charge in [0, 0.05) is 5.54 Å². The topological polar surface area (TPSA) is 52.3 Å². The van der Waals surface area contributed by atoms with Gasteiger partial charge < -0.3 is 10.5 Å². The minimum atomic E-state index is -0.365. The molecular weight excluding hydrogens is 190 g/mol. The summed E-state index contributed by atoms with van der Waals surface area (Å²) < 4.78 is 4.97. The van der Waals surface area contributed by atoms with Crippen LogP contribution in [0.5, 0.6) is 0 Å². The molecule has 2 unspecified atom stereocenters. The van der Waals surface area contributed by atoms with Gasteiger partial charge in [0.15, 0.2) is 0 Å². The van der Waals surface area contributed by atoms with E-state index in [2.05, 4.69) is 20.8 Å². The second kappa shape index (κ2) is 4.12. The molecule has 1 aliphatic rings. The van der Waals surface area contributed by atoms with Crippen LogP contribution in [0.2, 0.25) is 0 Å². The minimum absolute atomic E-state index is 0.162. The Morgan fingerprint density at radius 2 is 2.13 bits per heavy atom. The highest BCUT2D eigenvalue weighted by molar-refractivity contribution is 5.71. The number of hydrogen-bond acceptors (Lipinski definition) is 3. The Balaban J connectivity index is 2.63. The Labute approximate surface area is 92.4 Å². The van der Waals surface area contributed by atoms with E-state index < -0.39 is 0 Å². The van der Waals surface area contributed by atoms with Gasteiger partial charge >= 0.3 is 5.97 Å². The van der Waals surface area contributed by atoms with Crippen LogP contribution >= 0.6 is 0 Å². The van der Waals surface area contributed by atoms with Gasteiger partial charge in [-0.2, -0.15) is 0 Å². The summed E-state index contributed by atoms with van der Waals surface area (Å²) in [6.07, 6.45) is 2.34. The first kappa shape index (κ1) is 12.5. The first-order chi connectivity index (χ1) is 6.79. The molecule has 1 fully saturated rings. The van der Waals surface area contributed by atoms with Crippen LogP contribution in [0.3, 0.4) is 0 Å². The number of ether oxygens (including phenoxy) is 1. The third kappa shape index (κ3) is 2.94. The largest absolute Gasteiger partial charge is 0.466 e. The lowest BCUT2D eigenvalue weighted by atomic mass is 9.84. The van der Waals surface area contributed by atoms with Crippen molar-refractivity contribution < 1.29 is 9.53 Å². The number of rotatable bonds is 3. The van der Waals surface area contributed by atoms with Crippen molar-refractivity contribution in [2.24, 2.45) is 17.1 Å². The second-order valence-corrected chi connectivity index (χ2v) is 5.66. The van der Waals surface area contributed by atoms with Gasteiger partial charge in [0.05, 0.1) is 13.0 Å². The molecule has 0 radical (unpaired) electrons. The molecule has 0 saturated heterocycles. The molecule has 1 aliphatic carbocycles. The predicted octanol–water partition coefficient (Wildman–Crippen LogP) is 2.09. The lowest BCUT2D eigenvalue weighted by Gasteiger charge is -2.28. The third-order valence-corrected chi connectivity index (χ3v) is 3.43. The van der Waals surface area contributed by atoms with Crippen LogP contribution in [-0.2, 0) is 9.53 Å². The van der Waals surface area contributed by atoms with Crippen LogP contribution in [-0.4, -0.2) is 18.1 Å². The van der Waals surface area contributed by atoms with Crippen LogP contribution in [0.15, 0.2) is 0 Å². The molecule has 0 amide bonds. The maximum Gasteiger partial charge on any atom is 0.307 e. The Bertz CT molecular complexity index is 250. The quantitative estimate of drug-likeness (QED) is 0.730. The number of carbonyl (C=O) groups excluding carboxylic acids is 1. The summed E-state index contributed by atoms with van der Waals surface area (Å²) in [4.78, 5) is 11.5. The molecule has 0 heterocycles. The third-order valence-electron chi connectivity index (χ3n) is 3.43. The lowest BCUT2D eigenvalue weighted by Crippen LogP contribution is -2.45. The lowest BCUT2D eigenvalue weighted by molar-refractivity contribution is -0.144. The monoisotopic (exact) mass is 213 g/mol. The smallest absolute Gasteiger partial charge is 0.307 e. The summed E-state index contributed by atoms with van der Waals surface area (Å²) >= 11 is 0. The molecule has 3 heteroatoms.